The van der Waals surface area contributed by atoms with E-state index in [1.54, 1.807) is 11.3 Å². The zero-order chi connectivity index (χ0) is 11.9. The molecule has 0 amide bonds. The quantitative estimate of drug-likeness (QED) is 0.897. The summed E-state index contributed by atoms with van der Waals surface area (Å²) >= 11 is 1.66. The molecule has 0 radical (unpaired) electrons. The largest absolute Gasteiger partial charge is 0.309 e. The van der Waals surface area contributed by atoms with Crippen LogP contribution in [0, 0.1) is 0 Å². The first-order valence-electron chi connectivity index (χ1n) is 6.01. The molecule has 0 spiro atoms. The molecule has 2 heterocycles. The number of hydrogen-bond donors (Lipinski definition) is 1. The molecule has 0 aromatic carbocycles. The van der Waals surface area contributed by atoms with E-state index in [0.29, 0.717) is 11.8 Å². The van der Waals surface area contributed by atoms with Gasteiger partial charge < -0.3 is 5.32 Å². The second-order valence-electron chi connectivity index (χ2n) is 4.92. The van der Waals surface area contributed by atoms with Crippen LogP contribution in [-0.2, 0) is 16.4 Å². The molecule has 1 aliphatic carbocycles. The van der Waals surface area contributed by atoms with Gasteiger partial charge in [-0.2, -0.15) is 0 Å². The van der Waals surface area contributed by atoms with E-state index in [9.17, 15) is 8.42 Å². The van der Waals surface area contributed by atoms with Crippen LogP contribution in [0.1, 0.15) is 35.1 Å². The molecule has 1 aliphatic heterocycles. The minimum atomic E-state index is -2.80. The van der Waals surface area contributed by atoms with Gasteiger partial charge in [-0.15, -0.1) is 11.3 Å². The summed E-state index contributed by atoms with van der Waals surface area (Å²) in [7, 11) is -2.80. The number of thiazole rings is 1. The molecular formula is C11H16N2O2S2. The maximum absolute atomic E-state index is 11.4. The minimum Gasteiger partial charge on any atom is -0.309 e. The number of sulfone groups is 1. The third-order valence-electron chi connectivity index (χ3n) is 3.30. The van der Waals surface area contributed by atoms with E-state index in [0.717, 1.165) is 18.0 Å². The van der Waals surface area contributed by atoms with E-state index in [2.05, 4.69) is 10.3 Å². The lowest BCUT2D eigenvalue weighted by molar-refractivity contribution is 0.601. The number of hydrogen-bond acceptors (Lipinski definition) is 5. The molecule has 0 bridgehead atoms. The van der Waals surface area contributed by atoms with Crippen LogP contribution in [0.4, 0.5) is 0 Å². The zero-order valence-electron chi connectivity index (χ0n) is 9.55. The molecule has 1 saturated carbocycles. The topological polar surface area (TPSA) is 59.1 Å². The van der Waals surface area contributed by atoms with Crippen LogP contribution in [0.5, 0.6) is 0 Å². The molecule has 2 fully saturated rings. The van der Waals surface area contributed by atoms with Gasteiger partial charge in [-0.25, -0.2) is 13.4 Å². The lowest BCUT2D eigenvalue weighted by Crippen LogP contribution is -2.14. The van der Waals surface area contributed by atoms with Gasteiger partial charge in [0, 0.05) is 29.6 Å². The Kier molecular flexibility index (Phi) is 2.96. The Morgan fingerprint density at radius 2 is 2.24 bits per heavy atom. The molecule has 1 aromatic rings. The fourth-order valence-corrected chi connectivity index (χ4v) is 4.97. The van der Waals surface area contributed by atoms with Crippen LogP contribution in [0.2, 0.25) is 0 Å². The molecule has 1 atom stereocenters. The maximum atomic E-state index is 11.4. The molecule has 6 heteroatoms. The van der Waals surface area contributed by atoms with Gasteiger partial charge in [-0.3, -0.25) is 0 Å². The Morgan fingerprint density at radius 1 is 1.41 bits per heavy atom. The summed E-state index contributed by atoms with van der Waals surface area (Å²) in [5.74, 6) is 0.753. The summed E-state index contributed by atoms with van der Waals surface area (Å²) in [6, 6.07) is 0.701. The van der Waals surface area contributed by atoms with Crippen molar-refractivity contribution in [1.82, 2.24) is 10.3 Å². The van der Waals surface area contributed by atoms with E-state index in [-0.39, 0.29) is 11.7 Å². The van der Waals surface area contributed by atoms with Crippen molar-refractivity contribution in [3.8, 4) is 0 Å². The highest BCUT2D eigenvalue weighted by atomic mass is 32.2. The minimum absolute atomic E-state index is 0.139. The first kappa shape index (κ1) is 11.6. The number of nitrogens with one attached hydrogen (secondary N) is 1. The van der Waals surface area contributed by atoms with E-state index >= 15 is 0 Å². The highest BCUT2D eigenvalue weighted by Crippen LogP contribution is 2.31. The summed E-state index contributed by atoms with van der Waals surface area (Å²) in [5, 5.41) is 4.44. The first-order chi connectivity index (χ1) is 8.12. The predicted molar refractivity (Wildman–Crippen MR) is 68.0 cm³/mol. The summed E-state index contributed by atoms with van der Waals surface area (Å²) in [5.41, 5.74) is 0. The van der Waals surface area contributed by atoms with Gasteiger partial charge in [-0.05, 0) is 19.3 Å². The Hall–Kier alpha value is -0.460. The Labute approximate surface area is 105 Å². The highest BCUT2D eigenvalue weighted by Gasteiger charge is 2.31. The molecule has 17 heavy (non-hydrogen) atoms. The summed E-state index contributed by atoms with van der Waals surface area (Å²) in [6.45, 7) is 0.877. The van der Waals surface area contributed by atoms with Crippen molar-refractivity contribution in [3.63, 3.8) is 0 Å². The van der Waals surface area contributed by atoms with Gasteiger partial charge in [0.25, 0.3) is 0 Å². The third kappa shape index (κ3) is 2.86. The van der Waals surface area contributed by atoms with Crippen LogP contribution < -0.4 is 5.32 Å². The van der Waals surface area contributed by atoms with Crippen LogP contribution in [0.15, 0.2) is 6.20 Å². The van der Waals surface area contributed by atoms with E-state index < -0.39 is 9.84 Å². The van der Waals surface area contributed by atoms with Gasteiger partial charge in [0.15, 0.2) is 9.84 Å². The molecular weight excluding hydrogens is 256 g/mol. The average Bonchev–Trinajstić information content (AvgIpc) is 2.86. The molecule has 1 aromatic heterocycles. The van der Waals surface area contributed by atoms with Crippen LogP contribution in [0.25, 0.3) is 0 Å². The monoisotopic (exact) mass is 272 g/mol. The van der Waals surface area contributed by atoms with Crippen molar-refractivity contribution in [3.05, 3.63) is 16.1 Å². The number of rotatable bonds is 4. The third-order valence-corrected chi connectivity index (χ3v) is 6.22. The normalized spacial score (nSPS) is 27.4. The maximum Gasteiger partial charge on any atom is 0.151 e. The van der Waals surface area contributed by atoms with E-state index in [4.69, 9.17) is 0 Å². The summed E-state index contributed by atoms with van der Waals surface area (Å²) < 4.78 is 22.8. The second-order valence-corrected chi connectivity index (χ2v) is 8.30. The Bertz CT molecular complexity index is 505. The van der Waals surface area contributed by atoms with Crippen molar-refractivity contribution in [2.24, 2.45) is 0 Å². The van der Waals surface area contributed by atoms with Crippen molar-refractivity contribution in [2.75, 3.05) is 11.5 Å². The summed E-state index contributed by atoms with van der Waals surface area (Å²) in [4.78, 5) is 5.59. The Balaban J connectivity index is 1.63. The smallest absolute Gasteiger partial charge is 0.151 e. The molecule has 1 unspecified atom stereocenters. The fourth-order valence-electron chi connectivity index (χ4n) is 2.12. The molecule has 3 rings (SSSR count). The van der Waals surface area contributed by atoms with Crippen LogP contribution in [0.3, 0.4) is 0 Å². The molecule has 94 valence electrons. The lowest BCUT2D eigenvalue weighted by atomic mass is 10.1. The van der Waals surface area contributed by atoms with Gasteiger partial charge in [-0.1, -0.05) is 0 Å². The van der Waals surface area contributed by atoms with Crippen LogP contribution >= 0.6 is 11.3 Å². The zero-order valence-corrected chi connectivity index (χ0v) is 11.2. The molecule has 1 N–H and O–H groups in total. The average molecular weight is 272 g/mol. The van der Waals surface area contributed by atoms with Crippen molar-refractivity contribution in [2.45, 2.75) is 37.8 Å². The predicted octanol–water partition coefficient (Wildman–Crippen LogP) is 1.30. The number of nitrogens with zero attached hydrogens (tertiary/aromatic N) is 1. The molecule has 1 saturated heterocycles. The van der Waals surface area contributed by atoms with Gasteiger partial charge in [0.05, 0.1) is 16.5 Å². The second kappa shape index (κ2) is 4.33. The van der Waals surface area contributed by atoms with E-state index in [1.165, 1.54) is 17.7 Å². The van der Waals surface area contributed by atoms with Crippen molar-refractivity contribution >= 4 is 21.2 Å². The van der Waals surface area contributed by atoms with Crippen molar-refractivity contribution in [1.29, 1.82) is 0 Å². The lowest BCUT2D eigenvalue weighted by Gasteiger charge is -2.01. The number of aromatic nitrogens is 1. The van der Waals surface area contributed by atoms with Crippen LogP contribution in [-0.4, -0.2) is 30.9 Å². The first-order valence-corrected chi connectivity index (χ1v) is 8.64. The van der Waals surface area contributed by atoms with Gasteiger partial charge >= 0.3 is 0 Å². The fraction of sp³-hybridized carbons (Fsp3) is 0.727. The van der Waals surface area contributed by atoms with Crippen molar-refractivity contribution < 1.29 is 8.42 Å². The Morgan fingerprint density at radius 3 is 2.88 bits per heavy atom. The standard InChI is InChI=1S/C11H16N2O2S2/c14-17(15)4-3-8(7-17)11-13-6-10(16-11)5-12-9-1-2-9/h6,8-9,12H,1-5,7H2. The molecule has 2 aliphatic rings. The van der Waals surface area contributed by atoms with Gasteiger partial charge in [0.2, 0.25) is 0 Å². The highest BCUT2D eigenvalue weighted by molar-refractivity contribution is 7.91. The van der Waals surface area contributed by atoms with Gasteiger partial charge in [0.1, 0.15) is 0 Å². The SMILES string of the molecule is O=S1(=O)CCC(c2ncc(CNC3CC3)s2)C1. The summed E-state index contributed by atoms with van der Waals surface area (Å²) in [6.07, 6.45) is 5.20. The van der Waals surface area contributed by atoms with E-state index in [1.807, 2.05) is 6.20 Å². The molecule has 4 nitrogen and oxygen atoms in total.